The molecule has 4 atom stereocenters. The van der Waals surface area contributed by atoms with E-state index in [-0.39, 0.29) is 6.10 Å². The van der Waals surface area contributed by atoms with Gasteiger partial charge in [0.1, 0.15) is 0 Å². The molecule has 0 bridgehead atoms. The molecule has 1 saturated heterocycles. The Hall–Kier alpha value is -0.810. The summed E-state index contributed by atoms with van der Waals surface area (Å²) in [6.07, 6.45) is -1.11. The fourth-order valence-corrected chi connectivity index (χ4v) is 1.36. The normalized spacial score (nSPS) is 39.6. The van der Waals surface area contributed by atoms with Gasteiger partial charge in [0.2, 0.25) is 0 Å². The molecule has 0 aromatic heterocycles. The van der Waals surface area contributed by atoms with Gasteiger partial charge in [-0.15, -0.1) is 0 Å². The van der Waals surface area contributed by atoms with E-state index in [4.69, 9.17) is 15.0 Å². The molecule has 1 heterocycles. The van der Waals surface area contributed by atoms with E-state index < -0.39 is 18.4 Å². The summed E-state index contributed by atoms with van der Waals surface area (Å²) in [5.41, 5.74) is 8.25. The minimum atomic E-state index is -0.748. The zero-order valence-electron chi connectivity index (χ0n) is 7.62. The Morgan fingerprint density at radius 2 is 2.38 bits per heavy atom. The topological polar surface area (TPSA) is 87.5 Å². The lowest BCUT2D eigenvalue weighted by Gasteiger charge is -2.34. The van der Waals surface area contributed by atoms with Crippen molar-refractivity contribution < 1.29 is 14.6 Å². The van der Waals surface area contributed by atoms with Crippen molar-refractivity contribution in [3.63, 3.8) is 0 Å². The zero-order valence-corrected chi connectivity index (χ0v) is 7.62. The fraction of sp³-hybridized carbons (Fsp3) is 1.00. The third kappa shape index (κ3) is 2.32. The molecule has 0 aromatic carbocycles. The van der Waals surface area contributed by atoms with E-state index in [1.807, 2.05) is 0 Å². The summed E-state index contributed by atoms with van der Waals surface area (Å²) < 4.78 is 10.2. The first-order valence-electron chi connectivity index (χ1n) is 4.09. The second-order valence-electron chi connectivity index (χ2n) is 3.01. The highest BCUT2D eigenvalue weighted by atomic mass is 16.7. The Morgan fingerprint density at radius 1 is 1.69 bits per heavy atom. The van der Waals surface area contributed by atoms with Crippen LogP contribution in [0.3, 0.4) is 0 Å². The standard InChI is InChI=1S/C7H13N3O3/c1-4-7(11)5(9-10-8)3-6(12-2)13-4/h4-7,11H,3H2,1-2H3/t4-,5+,6?,7-/m0/s1. The van der Waals surface area contributed by atoms with Crippen molar-refractivity contribution in [1.29, 1.82) is 0 Å². The molecule has 0 radical (unpaired) electrons. The van der Waals surface area contributed by atoms with Gasteiger partial charge in [0.25, 0.3) is 0 Å². The number of nitrogens with zero attached hydrogens (tertiary/aromatic N) is 3. The summed E-state index contributed by atoms with van der Waals surface area (Å²) in [4.78, 5) is 2.67. The first-order valence-corrected chi connectivity index (χ1v) is 4.09. The van der Waals surface area contributed by atoms with Crippen molar-refractivity contribution in [2.24, 2.45) is 5.11 Å². The predicted octanol–water partition coefficient (Wildman–Crippen LogP) is 0.807. The molecule has 0 saturated carbocycles. The summed E-state index contributed by atoms with van der Waals surface area (Å²) in [5.74, 6) is 0. The van der Waals surface area contributed by atoms with Crippen molar-refractivity contribution >= 4 is 0 Å². The Kier molecular flexibility index (Phi) is 3.50. The summed E-state index contributed by atoms with van der Waals surface area (Å²) in [6.45, 7) is 1.72. The highest BCUT2D eigenvalue weighted by Crippen LogP contribution is 2.22. The third-order valence-corrected chi connectivity index (χ3v) is 2.14. The van der Waals surface area contributed by atoms with Gasteiger partial charge < -0.3 is 14.6 Å². The van der Waals surface area contributed by atoms with Gasteiger partial charge in [0, 0.05) is 18.4 Å². The smallest absolute Gasteiger partial charge is 0.158 e. The molecule has 1 N–H and O–H groups in total. The van der Waals surface area contributed by atoms with E-state index in [0.717, 1.165) is 0 Å². The number of azide groups is 1. The van der Waals surface area contributed by atoms with Crippen LogP contribution in [0.5, 0.6) is 0 Å². The van der Waals surface area contributed by atoms with Crippen molar-refractivity contribution in [1.82, 2.24) is 0 Å². The van der Waals surface area contributed by atoms with Gasteiger partial charge in [-0.1, -0.05) is 5.11 Å². The van der Waals surface area contributed by atoms with Crippen molar-refractivity contribution in [2.45, 2.75) is 37.9 Å². The molecule has 1 fully saturated rings. The molecule has 1 rings (SSSR count). The number of aliphatic hydroxyl groups excluding tert-OH is 1. The van der Waals surface area contributed by atoms with Crippen molar-refractivity contribution in [3.8, 4) is 0 Å². The number of aliphatic hydroxyl groups is 1. The summed E-state index contributed by atoms with van der Waals surface area (Å²) in [7, 11) is 1.52. The number of hydrogen-bond donors (Lipinski definition) is 1. The van der Waals surface area contributed by atoms with Crippen LogP contribution >= 0.6 is 0 Å². The summed E-state index contributed by atoms with van der Waals surface area (Å²) >= 11 is 0. The Morgan fingerprint density at radius 3 is 2.92 bits per heavy atom. The molecule has 74 valence electrons. The zero-order chi connectivity index (χ0) is 9.84. The van der Waals surface area contributed by atoms with E-state index in [2.05, 4.69) is 10.0 Å². The molecule has 1 unspecified atom stereocenters. The Bertz CT molecular complexity index is 217. The van der Waals surface area contributed by atoms with E-state index >= 15 is 0 Å². The lowest BCUT2D eigenvalue weighted by atomic mass is 10.0. The Labute approximate surface area is 76.1 Å². The van der Waals surface area contributed by atoms with Gasteiger partial charge in [-0.25, -0.2) is 0 Å². The van der Waals surface area contributed by atoms with Crippen LogP contribution in [0.2, 0.25) is 0 Å². The van der Waals surface area contributed by atoms with Crippen molar-refractivity contribution in [2.75, 3.05) is 7.11 Å². The molecule has 13 heavy (non-hydrogen) atoms. The fourth-order valence-electron chi connectivity index (χ4n) is 1.36. The quantitative estimate of drug-likeness (QED) is 0.394. The summed E-state index contributed by atoms with van der Waals surface area (Å²) in [6, 6.07) is -0.460. The van der Waals surface area contributed by atoms with E-state index in [1.54, 1.807) is 6.92 Å². The van der Waals surface area contributed by atoms with E-state index in [9.17, 15) is 5.11 Å². The second-order valence-corrected chi connectivity index (χ2v) is 3.01. The first kappa shape index (κ1) is 10.3. The number of rotatable bonds is 2. The molecule has 6 heteroatoms. The minimum Gasteiger partial charge on any atom is -0.390 e. The number of hydrogen-bond acceptors (Lipinski definition) is 4. The van der Waals surface area contributed by atoms with Crippen LogP contribution in [0.15, 0.2) is 5.11 Å². The monoisotopic (exact) mass is 187 g/mol. The SMILES string of the molecule is COC1C[C@@H](N=[N+]=[N-])[C@@H](O)[C@H](C)O1. The third-order valence-electron chi connectivity index (χ3n) is 2.14. The molecule has 1 aliphatic rings. The maximum Gasteiger partial charge on any atom is 0.158 e. The maximum absolute atomic E-state index is 9.54. The van der Waals surface area contributed by atoms with Crippen LogP contribution in [-0.2, 0) is 9.47 Å². The van der Waals surface area contributed by atoms with Gasteiger partial charge in [-0.2, -0.15) is 0 Å². The molecule has 0 aromatic rings. The van der Waals surface area contributed by atoms with Crippen LogP contribution in [0.1, 0.15) is 13.3 Å². The Balaban J connectivity index is 2.65. The first-order chi connectivity index (χ1) is 6.19. The molecular weight excluding hydrogens is 174 g/mol. The average Bonchev–Trinajstić information content (AvgIpc) is 2.13. The lowest BCUT2D eigenvalue weighted by Crippen LogP contribution is -2.46. The van der Waals surface area contributed by atoms with Crippen LogP contribution in [0, 0.1) is 0 Å². The molecule has 0 aliphatic carbocycles. The maximum atomic E-state index is 9.54. The van der Waals surface area contributed by atoms with Gasteiger partial charge in [0.15, 0.2) is 6.29 Å². The average molecular weight is 187 g/mol. The highest BCUT2D eigenvalue weighted by Gasteiger charge is 2.34. The van der Waals surface area contributed by atoms with Gasteiger partial charge in [0.05, 0.1) is 18.2 Å². The van der Waals surface area contributed by atoms with Crippen LogP contribution < -0.4 is 0 Å². The van der Waals surface area contributed by atoms with Crippen LogP contribution in [0.25, 0.3) is 10.4 Å². The summed E-state index contributed by atoms with van der Waals surface area (Å²) in [5, 5.41) is 13.0. The van der Waals surface area contributed by atoms with Gasteiger partial charge in [-0.05, 0) is 12.5 Å². The van der Waals surface area contributed by atoms with Crippen LogP contribution in [-0.4, -0.2) is 36.8 Å². The highest BCUT2D eigenvalue weighted by molar-refractivity contribution is 4.85. The largest absolute Gasteiger partial charge is 0.390 e. The molecule has 1 aliphatic heterocycles. The van der Waals surface area contributed by atoms with E-state index in [0.29, 0.717) is 6.42 Å². The second kappa shape index (κ2) is 4.43. The molecule has 6 nitrogen and oxygen atoms in total. The minimum absolute atomic E-state index is 0.366. The van der Waals surface area contributed by atoms with Crippen LogP contribution in [0.4, 0.5) is 0 Å². The number of ether oxygens (including phenoxy) is 2. The molecule has 0 spiro atoms. The predicted molar refractivity (Wildman–Crippen MR) is 44.9 cm³/mol. The molecule has 0 amide bonds. The van der Waals surface area contributed by atoms with Crippen molar-refractivity contribution in [3.05, 3.63) is 10.4 Å². The number of methoxy groups -OCH3 is 1. The van der Waals surface area contributed by atoms with Gasteiger partial charge in [-0.3, -0.25) is 0 Å². The van der Waals surface area contributed by atoms with E-state index in [1.165, 1.54) is 7.11 Å². The van der Waals surface area contributed by atoms with Gasteiger partial charge >= 0.3 is 0 Å². The molecular formula is C7H13N3O3. The lowest BCUT2D eigenvalue weighted by molar-refractivity contribution is -0.211.